The highest BCUT2D eigenvalue weighted by atomic mass is 16.5. The van der Waals surface area contributed by atoms with E-state index in [0.29, 0.717) is 19.4 Å². The minimum atomic E-state index is -0.848. The van der Waals surface area contributed by atoms with Crippen molar-refractivity contribution in [3.05, 3.63) is 12.2 Å². The van der Waals surface area contributed by atoms with E-state index in [-0.39, 0.29) is 18.5 Å². The van der Waals surface area contributed by atoms with Gasteiger partial charge in [0.2, 0.25) is 5.91 Å². The van der Waals surface area contributed by atoms with E-state index in [1.807, 2.05) is 6.08 Å². The van der Waals surface area contributed by atoms with Crippen LogP contribution in [-0.2, 0) is 14.3 Å². The van der Waals surface area contributed by atoms with Crippen molar-refractivity contribution in [3.8, 4) is 0 Å². The fraction of sp³-hybridized carbons (Fsp3) is 0.946. The van der Waals surface area contributed by atoms with E-state index in [1.165, 1.54) is 360 Å². The quantitative estimate of drug-likeness (QED) is 0.0320. The van der Waals surface area contributed by atoms with Crippen LogP contribution in [0.25, 0.3) is 0 Å². The maximum absolute atomic E-state index is 12.5. The molecule has 476 valence electrons. The van der Waals surface area contributed by atoms with Crippen molar-refractivity contribution in [1.29, 1.82) is 0 Å². The van der Waals surface area contributed by atoms with E-state index >= 15 is 0 Å². The van der Waals surface area contributed by atoms with Gasteiger partial charge in [-0.3, -0.25) is 9.59 Å². The molecule has 0 radical (unpaired) electrons. The summed E-state index contributed by atoms with van der Waals surface area (Å²) in [7, 11) is 0. The van der Waals surface area contributed by atoms with Gasteiger partial charge >= 0.3 is 5.97 Å². The van der Waals surface area contributed by atoms with Gasteiger partial charge in [0.1, 0.15) is 0 Å². The number of allylic oxidation sites excluding steroid dienone is 1. The van der Waals surface area contributed by atoms with Crippen LogP contribution in [0.3, 0.4) is 0 Å². The second-order valence-electron chi connectivity index (χ2n) is 25.6. The zero-order valence-corrected chi connectivity index (χ0v) is 54.6. The van der Waals surface area contributed by atoms with E-state index in [0.717, 1.165) is 38.5 Å². The third-order valence-electron chi connectivity index (χ3n) is 17.6. The van der Waals surface area contributed by atoms with Crippen LogP contribution in [0.4, 0.5) is 0 Å². The first-order chi connectivity index (χ1) is 39.5. The zero-order chi connectivity index (χ0) is 57.8. The lowest BCUT2D eigenvalue weighted by Crippen LogP contribution is -2.45. The van der Waals surface area contributed by atoms with Gasteiger partial charge in [0.25, 0.3) is 0 Å². The summed E-state index contributed by atoms with van der Waals surface area (Å²) in [6.45, 7) is 4.95. The second-order valence-corrected chi connectivity index (χ2v) is 25.6. The van der Waals surface area contributed by atoms with Crippen LogP contribution < -0.4 is 5.32 Å². The summed E-state index contributed by atoms with van der Waals surface area (Å²) >= 11 is 0. The fourth-order valence-corrected chi connectivity index (χ4v) is 11.9. The molecule has 6 heteroatoms. The van der Waals surface area contributed by atoms with Gasteiger partial charge in [-0.2, -0.15) is 0 Å². The third-order valence-corrected chi connectivity index (χ3v) is 17.6. The van der Waals surface area contributed by atoms with Crippen LogP contribution >= 0.6 is 0 Å². The molecule has 0 aromatic rings. The second kappa shape index (κ2) is 70.1. The number of ether oxygens (including phenoxy) is 1. The number of esters is 1. The number of hydrogen-bond acceptors (Lipinski definition) is 5. The van der Waals surface area contributed by atoms with Crippen LogP contribution in [0.1, 0.15) is 425 Å². The van der Waals surface area contributed by atoms with Gasteiger partial charge in [-0.05, 0) is 32.1 Å². The van der Waals surface area contributed by atoms with E-state index in [9.17, 15) is 19.8 Å². The molecule has 0 rings (SSSR count). The molecule has 0 saturated carbocycles. The Labute approximate surface area is 501 Å². The maximum atomic E-state index is 12.5. The number of aliphatic hydroxyl groups is 2. The predicted octanol–water partition coefficient (Wildman–Crippen LogP) is 23.9. The van der Waals surface area contributed by atoms with Gasteiger partial charge in [-0.1, -0.05) is 392 Å². The number of carbonyl (C=O) groups excluding carboxylic acids is 2. The molecule has 0 aliphatic heterocycles. The van der Waals surface area contributed by atoms with Crippen molar-refractivity contribution in [1.82, 2.24) is 5.32 Å². The molecule has 0 bridgehead atoms. The SMILES string of the molecule is CCCCCCCCCCCCCCCCCCCCCCCCC/C=C/C(O)C(CO)NC(=O)CCCCCCCCCCCCCCCCCCCCCOC(=O)CCCCCCCCCCCCCCCCCCCCC. The molecule has 0 heterocycles. The highest BCUT2D eigenvalue weighted by Crippen LogP contribution is 2.20. The normalized spacial score (nSPS) is 12.5. The lowest BCUT2D eigenvalue weighted by Gasteiger charge is -2.20. The summed E-state index contributed by atoms with van der Waals surface area (Å²) in [5, 5.41) is 23.3. The molecule has 3 N–H and O–H groups in total. The topological polar surface area (TPSA) is 95.9 Å². The molecular formula is C74H145NO5. The predicted molar refractivity (Wildman–Crippen MR) is 352 cm³/mol. The van der Waals surface area contributed by atoms with Crippen LogP contribution in [0.2, 0.25) is 0 Å². The number of unbranched alkanes of at least 4 members (excludes halogenated alkanes) is 59. The molecule has 0 aromatic carbocycles. The summed E-state index contributed by atoms with van der Waals surface area (Å²) < 4.78 is 5.51. The van der Waals surface area contributed by atoms with Crippen molar-refractivity contribution >= 4 is 11.9 Å². The molecule has 2 atom stereocenters. The average Bonchev–Trinajstić information content (AvgIpc) is 3.46. The number of amides is 1. The number of nitrogens with one attached hydrogen (secondary N) is 1. The molecule has 0 spiro atoms. The number of carbonyl (C=O) groups is 2. The maximum Gasteiger partial charge on any atom is 0.305 e. The van der Waals surface area contributed by atoms with Gasteiger partial charge in [-0.25, -0.2) is 0 Å². The number of hydrogen-bond donors (Lipinski definition) is 3. The Morgan fingerprint density at radius 2 is 0.575 bits per heavy atom. The number of aliphatic hydroxyl groups excluding tert-OH is 2. The number of rotatable bonds is 70. The van der Waals surface area contributed by atoms with Crippen molar-refractivity contribution < 1.29 is 24.5 Å². The summed E-state index contributed by atoms with van der Waals surface area (Å²) in [4.78, 5) is 24.7. The van der Waals surface area contributed by atoms with Crippen LogP contribution in [0, 0.1) is 0 Å². The Morgan fingerprint density at radius 3 is 0.850 bits per heavy atom. The van der Waals surface area contributed by atoms with E-state index < -0.39 is 12.1 Å². The van der Waals surface area contributed by atoms with Crippen molar-refractivity contribution in [2.45, 2.75) is 437 Å². The first-order valence-electron chi connectivity index (χ1n) is 37.0. The van der Waals surface area contributed by atoms with E-state index in [1.54, 1.807) is 6.08 Å². The van der Waals surface area contributed by atoms with E-state index in [2.05, 4.69) is 19.2 Å². The van der Waals surface area contributed by atoms with Crippen molar-refractivity contribution in [2.75, 3.05) is 13.2 Å². The van der Waals surface area contributed by atoms with Gasteiger partial charge in [0.15, 0.2) is 0 Å². The molecule has 0 fully saturated rings. The largest absolute Gasteiger partial charge is 0.466 e. The standard InChI is InChI=1S/C74H145NO5/c1-3-5-7-9-11-13-15-17-19-21-23-24-25-26-27-28-31-34-38-42-46-50-54-58-62-66-72(77)71(70-76)75-73(78)67-63-59-55-51-47-43-39-35-32-29-33-37-41-45-49-53-57-61-65-69-80-74(79)68-64-60-56-52-48-44-40-36-30-22-20-18-16-14-12-10-8-6-4-2/h62,66,71-72,76-77H,3-61,63-65,67-70H2,1-2H3,(H,75,78)/b66-62+. The van der Waals surface area contributed by atoms with E-state index in [4.69, 9.17) is 4.74 Å². The van der Waals surface area contributed by atoms with Crippen LogP contribution in [0.15, 0.2) is 12.2 Å². The first kappa shape index (κ1) is 78.6. The minimum Gasteiger partial charge on any atom is -0.466 e. The molecular weight excluding hydrogens is 983 g/mol. The van der Waals surface area contributed by atoms with Gasteiger partial charge in [0, 0.05) is 12.8 Å². The van der Waals surface area contributed by atoms with Gasteiger partial charge in [0.05, 0.1) is 25.4 Å². The smallest absolute Gasteiger partial charge is 0.305 e. The fourth-order valence-electron chi connectivity index (χ4n) is 11.9. The van der Waals surface area contributed by atoms with Crippen LogP contribution in [0.5, 0.6) is 0 Å². The molecule has 2 unspecified atom stereocenters. The van der Waals surface area contributed by atoms with Gasteiger partial charge < -0.3 is 20.3 Å². The molecule has 0 saturated heterocycles. The summed E-state index contributed by atoms with van der Waals surface area (Å²) in [5.74, 6) is -0.0506. The Kier molecular flexibility index (Phi) is 68.9. The summed E-state index contributed by atoms with van der Waals surface area (Å²) in [6.07, 6.45) is 87.3. The highest BCUT2D eigenvalue weighted by molar-refractivity contribution is 5.76. The average molecular weight is 1130 g/mol. The molecule has 0 aromatic heterocycles. The molecule has 0 aliphatic carbocycles. The zero-order valence-electron chi connectivity index (χ0n) is 54.6. The Bertz CT molecular complexity index is 1210. The first-order valence-corrected chi connectivity index (χ1v) is 37.0. The van der Waals surface area contributed by atoms with Crippen molar-refractivity contribution in [2.24, 2.45) is 0 Å². The Hall–Kier alpha value is -1.40. The summed E-state index contributed by atoms with van der Waals surface area (Å²) in [6, 6.07) is -0.631. The highest BCUT2D eigenvalue weighted by Gasteiger charge is 2.18. The Balaban J connectivity index is 3.40. The van der Waals surface area contributed by atoms with Crippen LogP contribution in [-0.4, -0.2) is 47.4 Å². The molecule has 0 aliphatic rings. The third kappa shape index (κ3) is 65.7. The van der Waals surface area contributed by atoms with Crippen molar-refractivity contribution in [3.63, 3.8) is 0 Å². The lowest BCUT2D eigenvalue weighted by molar-refractivity contribution is -0.143. The lowest BCUT2D eigenvalue weighted by atomic mass is 10.0. The Morgan fingerprint density at radius 1 is 0.338 bits per heavy atom. The molecule has 6 nitrogen and oxygen atoms in total. The van der Waals surface area contributed by atoms with Gasteiger partial charge in [-0.15, -0.1) is 0 Å². The molecule has 1 amide bonds. The molecule has 80 heavy (non-hydrogen) atoms. The minimum absolute atomic E-state index is 0.0146. The summed E-state index contributed by atoms with van der Waals surface area (Å²) in [5.41, 5.74) is 0. The monoisotopic (exact) mass is 1130 g/mol.